The van der Waals surface area contributed by atoms with Crippen LogP contribution in [0.5, 0.6) is 11.5 Å². The van der Waals surface area contributed by atoms with Crippen LogP contribution in [0.25, 0.3) is 55.7 Å². The van der Waals surface area contributed by atoms with E-state index >= 15 is 0 Å². The van der Waals surface area contributed by atoms with Crippen molar-refractivity contribution in [3.63, 3.8) is 0 Å². The smallest absolute Gasteiger partial charge is 0.397 e. The molecule has 0 aliphatic carbocycles. The zero-order valence-electron chi connectivity index (χ0n) is 26.1. The minimum Gasteiger partial charge on any atom is -0.456 e. The molecule has 11 rings (SSSR count). The molecule has 0 N–H and O–H groups in total. The Bertz CT molecular complexity index is 2700. The lowest BCUT2D eigenvalue weighted by Crippen LogP contribution is -2.77. The predicted octanol–water partition coefficient (Wildman–Crippen LogP) is 7.23. The van der Waals surface area contributed by atoms with Crippen molar-refractivity contribution in [2.75, 3.05) is 0 Å². The maximum absolute atomic E-state index is 6.84. The van der Waals surface area contributed by atoms with Crippen LogP contribution in [-0.4, -0.2) is 19.2 Å². The lowest BCUT2D eigenvalue weighted by atomic mass is 9.84. The first-order chi connectivity index (χ1) is 23.1. The molecule has 5 aromatic heterocycles. The third kappa shape index (κ3) is 2.77. The number of benzene rings is 3. The Hall–Kier alpha value is -6.08. The molecule has 1 spiro atoms. The Morgan fingerprint density at radius 1 is 0.766 bits per heavy atom. The summed E-state index contributed by atoms with van der Waals surface area (Å²) in [5.74, 6) is 2.88. The second-order valence-electron chi connectivity index (χ2n) is 12.8. The molecule has 0 amide bonds. The largest absolute Gasteiger partial charge is 0.456 e. The van der Waals surface area contributed by atoms with Crippen LogP contribution < -0.4 is 14.0 Å². The predicted molar refractivity (Wildman–Crippen MR) is 179 cm³/mol. The molecular formula is C40H28N6O+2. The maximum Gasteiger partial charge on any atom is 0.397 e. The highest BCUT2D eigenvalue weighted by atomic mass is 16.5. The summed E-state index contributed by atoms with van der Waals surface area (Å²) in [6.45, 7) is 6.64. The molecule has 3 aliphatic rings. The van der Waals surface area contributed by atoms with E-state index < -0.39 is 5.66 Å². The van der Waals surface area contributed by atoms with Crippen LogP contribution in [-0.2, 0) is 5.66 Å². The lowest BCUT2D eigenvalue weighted by molar-refractivity contribution is -0.995. The third-order valence-corrected chi connectivity index (χ3v) is 10.6. The second-order valence-corrected chi connectivity index (χ2v) is 12.8. The van der Waals surface area contributed by atoms with Crippen molar-refractivity contribution in [3.05, 3.63) is 144 Å². The highest BCUT2D eigenvalue weighted by Gasteiger charge is 2.70. The molecule has 47 heavy (non-hydrogen) atoms. The first-order valence-electron chi connectivity index (χ1n) is 16.0. The van der Waals surface area contributed by atoms with Crippen molar-refractivity contribution in [1.29, 1.82) is 0 Å². The molecule has 222 valence electrons. The van der Waals surface area contributed by atoms with Gasteiger partial charge in [0.05, 0.1) is 23.1 Å². The maximum atomic E-state index is 6.84. The first kappa shape index (κ1) is 25.2. The molecule has 3 aromatic carbocycles. The summed E-state index contributed by atoms with van der Waals surface area (Å²) < 4.78 is 16.6. The number of aromatic nitrogens is 6. The molecule has 3 aliphatic heterocycles. The number of pyridine rings is 3. The number of rotatable bonds is 2. The first-order valence-corrected chi connectivity index (χ1v) is 16.0. The van der Waals surface area contributed by atoms with E-state index in [0.29, 0.717) is 0 Å². The highest BCUT2D eigenvalue weighted by Crippen LogP contribution is 2.56. The van der Waals surface area contributed by atoms with Crippen LogP contribution in [0.1, 0.15) is 28.1 Å². The normalized spacial score (nSPS) is 16.2. The van der Waals surface area contributed by atoms with E-state index in [1.165, 1.54) is 21.8 Å². The summed E-state index contributed by atoms with van der Waals surface area (Å²) in [5.41, 5.74) is 12.8. The fourth-order valence-electron chi connectivity index (χ4n) is 8.85. The van der Waals surface area contributed by atoms with E-state index in [9.17, 15) is 0 Å². The van der Waals surface area contributed by atoms with Crippen LogP contribution >= 0.6 is 0 Å². The second kappa shape index (κ2) is 8.39. The quantitative estimate of drug-likeness (QED) is 0.195. The van der Waals surface area contributed by atoms with Crippen LogP contribution in [0.2, 0.25) is 0 Å². The van der Waals surface area contributed by atoms with Crippen molar-refractivity contribution in [2.24, 2.45) is 0 Å². The van der Waals surface area contributed by atoms with Gasteiger partial charge in [-0.15, -0.1) is 4.68 Å². The van der Waals surface area contributed by atoms with Gasteiger partial charge in [0.25, 0.3) is 5.82 Å². The van der Waals surface area contributed by atoms with Gasteiger partial charge >= 0.3 is 5.66 Å². The third-order valence-electron chi connectivity index (χ3n) is 10.6. The average Bonchev–Trinajstić information content (AvgIpc) is 3.70. The SMILES string of the molecule is Cc1cc(-c2ccncc2)cnc1-c1c(C)n2[n+](c1C)C13c4c(cccc4-2)Oc2ccc4c5ccccc5n(c4c21)-c1cccc[n+]13. The van der Waals surface area contributed by atoms with Crippen molar-refractivity contribution >= 4 is 21.8 Å². The monoisotopic (exact) mass is 608 g/mol. The van der Waals surface area contributed by atoms with Gasteiger partial charge in [-0.3, -0.25) is 9.97 Å². The Kier molecular flexibility index (Phi) is 4.49. The minimum absolute atomic E-state index is 0.724. The number of para-hydroxylation sites is 1. The van der Waals surface area contributed by atoms with Crippen LogP contribution in [0.4, 0.5) is 0 Å². The molecule has 8 aromatic rings. The van der Waals surface area contributed by atoms with Gasteiger partial charge in [0.15, 0.2) is 11.1 Å². The molecule has 0 saturated heterocycles. The van der Waals surface area contributed by atoms with Gasteiger partial charge in [0, 0.05) is 47.9 Å². The summed E-state index contributed by atoms with van der Waals surface area (Å²) in [7, 11) is 0. The highest BCUT2D eigenvalue weighted by molar-refractivity contribution is 6.11. The molecule has 0 bridgehead atoms. The average molecular weight is 609 g/mol. The summed E-state index contributed by atoms with van der Waals surface area (Å²) in [6, 6.07) is 32.4. The molecule has 1 atom stereocenters. The molecule has 7 heteroatoms. The zero-order valence-corrected chi connectivity index (χ0v) is 26.1. The van der Waals surface area contributed by atoms with Gasteiger partial charge in [0.2, 0.25) is 5.69 Å². The zero-order chi connectivity index (χ0) is 31.2. The van der Waals surface area contributed by atoms with Crippen LogP contribution in [0.3, 0.4) is 0 Å². The Balaban J connectivity index is 1.30. The number of ether oxygens (including phenoxy) is 1. The Morgan fingerprint density at radius 3 is 2.47 bits per heavy atom. The van der Waals surface area contributed by atoms with E-state index in [1.807, 2.05) is 30.7 Å². The molecule has 8 heterocycles. The molecular weight excluding hydrogens is 580 g/mol. The van der Waals surface area contributed by atoms with E-state index in [2.05, 4.69) is 129 Å². The summed E-state index contributed by atoms with van der Waals surface area (Å²) >= 11 is 0. The summed E-state index contributed by atoms with van der Waals surface area (Å²) in [4.78, 5) is 9.34. The number of aryl methyl sites for hydroxylation is 1. The van der Waals surface area contributed by atoms with Gasteiger partial charge in [0.1, 0.15) is 28.3 Å². The fraction of sp³-hybridized carbons (Fsp3) is 0.100. The number of nitrogens with zero attached hydrogens (tertiary/aromatic N) is 6. The van der Waals surface area contributed by atoms with Gasteiger partial charge in [-0.25, -0.2) is 0 Å². The molecule has 0 fully saturated rings. The number of hydrogen-bond donors (Lipinski definition) is 0. The Morgan fingerprint density at radius 2 is 1.60 bits per heavy atom. The summed E-state index contributed by atoms with van der Waals surface area (Å²) in [5, 5.41) is 2.46. The number of fused-ring (bicyclic) bond motifs is 7. The van der Waals surface area contributed by atoms with E-state index in [-0.39, 0.29) is 0 Å². The summed E-state index contributed by atoms with van der Waals surface area (Å²) in [6.07, 6.45) is 7.88. The van der Waals surface area contributed by atoms with E-state index in [0.717, 1.165) is 73.5 Å². The molecule has 0 saturated carbocycles. The topological polar surface area (TPSA) is 52.6 Å². The van der Waals surface area contributed by atoms with Crippen molar-refractivity contribution in [2.45, 2.75) is 26.4 Å². The van der Waals surface area contributed by atoms with Crippen molar-refractivity contribution < 1.29 is 14.0 Å². The van der Waals surface area contributed by atoms with Crippen LogP contribution in [0.15, 0.2) is 116 Å². The molecule has 1 unspecified atom stereocenters. The fourth-order valence-corrected chi connectivity index (χ4v) is 8.85. The van der Waals surface area contributed by atoms with Gasteiger partial charge < -0.3 is 4.74 Å². The van der Waals surface area contributed by atoms with Gasteiger partial charge in [-0.2, -0.15) is 9.13 Å². The standard InChI is InChI=1S/C40H28N6O/c1-23-21-27(26-16-18-41-19-17-26)22-42-38(23)35-24(2)45-31-11-8-12-32-36(31)40(46(45)25(35)3)37-33(47-32)15-14-29-28-9-4-5-10-30(28)44(39(29)37)34-13-6-7-20-43(34)40/h4-22H,1-3H3/q+2. The lowest BCUT2D eigenvalue weighted by Gasteiger charge is -2.33. The van der Waals surface area contributed by atoms with Crippen LogP contribution in [0, 0.1) is 20.8 Å². The van der Waals surface area contributed by atoms with Gasteiger partial charge in [-0.1, -0.05) is 28.9 Å². The molecule has 0 radical (unpaired) electrons. The van der Waals surface area contributed by atoms with E-state index in [4.69, 9.17) is 9.72 Å². The van der Waals surface area contributed by atoms with Crippen molar-refractivity contribution in [1.82, 2.24) is 19.2 Å². The number of hydrogen-bond acceptors (Lipinski definition) is 3. The minimum atomic E-state index is -0.724. The Labute approximate surface area is 270 Å². The van der Waals surface area contributed by atoms with Crippen molar-refractivity contribution in [3.8, 4) is 45.4 Å². The van der Waals surface area contributed by atoms with Gasteiger partial charge in [-0.05, 0) is 85.6 Å². The van der Waals surface area contributed by atoms with E-state index in [1.54, 1.807) is 0 Å². The molecule has 7 nitrogen and oxygen atoms in total.